The van der Waals surface area contributed by atoms with Gasteiger partial charge in [0, 0.05) is 0 Å². The fraction of sp³-hybridized carbons (Fsp3) is 0.667. The molecule has 0 aromatic rings. The van der Waals surface area contributed by atoms with Gasteiger partial charge >= 0.3 is 7.94 Å². The molecule has 1 atom stereocenters. The van der Waals surface area contributed by atoms with Gasteiger partial charge in [-0.15, -0.1) is 0 Å². The number of hydrogen-bond donors (Lipinski definition) is 3. The molecule has 4 heteroatoms. The summed E-state index contributed by atoms with van der Waals surface area (Å²) >= 11 is 0. The molecule has 0 aromatic carbocycles. The van der Waals surface area contributed by atoms with E-state index >= 15 is 0 Å². The lowest BCUT2D eigenvalue weighted by Gasteiger charge is -2.08. The third-order valence-electron chi connectivity index (χ3n) is 1.12. The zero-order chi connectivity index (χ0) is 8.36. The van der Waals surface area contributed by atoms with Crippen LogP contribution in [0.2, 0.25) is 0 Å². The molecule has 0 aliphatic rings. The average Bonchev–Trinajstić information content (AvgIpc) is 1.60. The Balaban J connectivity index is 4.11. The van der Waals surface area contributed by atoms with E-state index in [1.54, 1.807) is 13.0 Å². The Bertz CT molecular complexity index is 132. The van der Waals surface area contributed by atoms with Crippen molar-refractivity contribution in [3.63, 3.8) is 0 Å². The molecule has 3 N–H and O–H groups in total. The lowest BCUT2D eigenvalue weighted by atomic mass is 10.3. The normalized spacial score (nSPS) is 14.6. The first-order valence-corrected chi connectivity index (χ1v) is 4.77. The Morgan fingerprint density at radius 1 is 1.30 bits per heavy atom. The smallest absolute Gasteiger partial charge is 0.192 e. The molecule has 1 unspecified atom stereocenters. The molecule has 0 rings (SSSR count). The van der Waals surface area contributed by atoms with Crippen molar-refractivity contribution in [1.29, 1.82) is 0 Å². The van der Waals surface area contributed by atoms with Gasteiger partial charge in [0.15, 0.2) is 5.66 Å². The third kappa shape index (κ3) is 3.96. The lowest BCUT2D eigenvalue weighted by Crippen LogP contribution is -2.05. The topological polar surface area (TPSA) is 60.7 Å². The number of rotatable bonds is 2. The molecule has 10 heavy (non-hydrogen) atoms. The van der Waals surface area contributed by atoms with Crippen LogP contribution in [0.25, 0.3) is 0 Å². The van der Waals surface area contributed by atoms with Crippen LogP contribution >= 0.6 is 7.94 Å². The van der Waals surface area contributed by atoms with Crippen LogP contribution in [0, 0.1) is 0 Å². The molecule has 0 aliphatic carbocycles. The van der Waals surface area contributed by atoms with E-state index in [1.165, 1.54) is 0 Å². The molecule has 0 heterocycles. The minimum Gasteiger partial charge on any atom is -0.192 e. The molecule has 0 saturated carbocycles. The van der Waals surface area contributed by atoms with Crippen molar-refractivity contribution in [2.24, 2.45) is 0 Å². The SMILES string of the molecule is CC(C)=CC(C)[P+](O)(O)O. The van der Waals surface area contributed by atoms with Crippen LogP contribution in [0.5, 0.6) is 0 Å². The van der Waals surface area contributed by atoms with Crippen LogP contribution in [0.4, 0.5) is 0 Å². The van der Waals surface area contributed by atoms with Gasteiger partial charge in [0.25, 0.3) is 0 Å². The van der Waals surface area contributed by atoms with E-state index in [1.807, 2.05) is 13.8 Å². The van der Waals surface area contributed by atoms with Crippen molar-refractivity contribution >= 4 is 7.94 Å². The van der Waals surface area contributed by atoms with Gasteiger partial charge in [-0.1, -0.05) is 5.57 Å². The second kappa shape index (κ2) is 3.44. The fourth-order valence-electron chi connectivity index (χ4n) is 0.582. The van der Waals surface area contributed by atoms with Crippen molar-refractivity contribution in [3.8, 4) is 0 Å². The molecular weight excluding hydrogens is 151 g/mol. The van der Waals surface area contributed by atoms with Crippen LogP contribution < -0.4 is 0 Å². The van der Waals surface area contributed by atoms with Gasteiger partial charge in [-0.3, -0.25) is 0 Å². The van der Waals surface area contributed by atoms with Crippen molar-refractivity contribution in [3.05, 3.63) is 11.6 Å². The molecule has 3 nitrogen and oxygen atoms in total. The third-order valence-corrected chi connectivity index (χ3v) is 2.36. The largest absolute Gasteiger partial charge is 0.410 e. The standard InChI is InChI=1S/C6H14O3P/c1-5(2)4-6(3)10(7,8)9/h4,6-9H,1-3H3/q+1. The Kier molecular flexibility index (Phi) is 3.46. The van der Waals surface area contributed by atoms with E-state index in [9.17, 15) is 0 Å². The van der Waals surface area contributed by atoms with E-state index in [2.05, 4.69) is 0 Å². The first kappa shape index (κ1) is 10.0. The van der Waals surface area contributed by atoms with Gasteiger partial charge in [-0.05, 0) is 26.8 Å². The predicted molar refractivity (Wildman–Crippen MR) is 42.5 cm³/mol. The summed E-state index contributed by atoms with van der Waals surface area (Å²) in [5.41, 5.74) is 0.423. The Labute approximate surface area is 61.6 Å². The fourth-order valence-corrected chi connectivity index (χ4v) is 1.08. The first-order valence-electron chi connectivity index (χ1n) is 3.06. The summed E-state index contributed by atoms with van der Waals surface area (Å²) in [6.07, 6.45) is 1.63. The average molecular weight is 165 g/mol. The molecule has 0 amide bonds. The highest BCUT2D eigenvalue weighted by atomic mass is 31.2. The molecular formula is C6H14O3P+. The Hall–Kier alpha value is 0.0500. The van der Waals surface area contributed by atoms with Crippen LogP contribution in [-0.2, 0) is 0 Å². The van der Waals surface area contributed by atoms with E-state index in [0.717, 1.165) is 5.57 Å². The molecule has 0 radical (unpaired) electrons. The maximum atomic E-state index is 8.71. The highest BCUT2D eigenvalue weighted by Gasteiger charge is 2.36. The predicted octanol–water partition coefficient (Wildman–Crippen LogP) is 1.08. The summed E-state index contributed by atoms with van der Waals surface area (Å²) in [6.45, 7) is 5.25. The second-order valence-corrected chi connectivity index (χ2v) is 4.64. The van der Waals surface area contributed by atoms with E-state index in [0.29, 0.717) is 0 Å². The number of hydrogen-bond acceptors (Lipinski definition) is 3. The van der Waals surface area contributed by atoms with Crippen molar-refractivity contribution in [2.45, 2.75) is 26.4 Å². The maximum absolute atomic E-state index is 8.71. The highest BCUT2D eigenvalue weighted by molar-refractivity contribution is 7.59. The Morgan fingerprint density at radius 3 is 1.80 bits per heavy atom. The molecule has 60 valence electrons. The van der Waals surface area contributed by atoms with Crippen molar-refractivity contribution in [1.82, 2.24) is 0 Å². The number of allylic oxidation sites excluding steroid dienone is 2. The van der Waals surface area contributed by atoms with E-state index in [4.69, 9.17) is 14.7 Å². The quantitative estimate of drug-likeness (QED) is 0.424. The zero-order valence-electron chi connectivity index (χ0n) is 6.44. The van der Waals surface area contributed by atoms with Gasteiger partial charge in [0.1, 0.15) is 0 Å². The van der Waals surface area contributed by atoms with Crippen LogP contribution in [0.3, 0.4) is 0 Å². The van der Waals surface area contributed by atoms with Gasteiger partial charge in [0.2, 0.25) is 0 Å². The van der Waals surface area contributed by atoms with Crippen LogP contribution in [0.1, 0.15) is 20.8 Å². The van der Waals surface area contributed by atoms with Crippen LogP contribution in [-0.4, -0.2) is 20.3 Å². The molecule has 0 aliphatic heterocycles. The minimum atomic E-state index is -3.64. The summed E-state index contributed by atoms with van der Waals surface area (Å²) in [5.74, 6) is 0. The molecule has 0 bridgehead atoms. The summed E-state index contributed by atoms with van der Waals surface area (Å²) < 4.78 is 0. The molecule has 0 aromatic heterocycles. The first-order chi connectivity index (χ1) is 4.34. The zero-order valence-corrected chi connectivity index (χ0v) is 7.34. The molecule has 0 saturated heterocycles. The summed E-state index contributed by atoms with van der Waals surface area (Å²) in [7, 11) is -3.64. The lowest BCUT2D eigenvalue weighted by molar-refractivity contribution is 0.324. The Morgan fingerprint density at radius 2 is 1.70 bits per heavy atom. The maximum Gasteiger partial charge on any atom is 0.410 e. The van der Waals surface area contributed by atoms with Gasteiger partial charge in [-0.2, -0.15) is 14.7 Å². The van der Waals surface area contributed by atoms with Crippen molar-refractivity contribution < 1.29 is 14.7 Å². The molecule has 0 fully saturated rings. The summed E-state index contributed by atoms with van der Waals surface area (Å²) in [6, 6.07) is 0. The van der Waals surface area contributed by atoms with E-state index < -0.39 is 13.6 Å². The second-order valence-electron chi connectivity index (χ2n) is 2.60. The summed E-state index contributed by atoms with van der Waals surface area (Å²) in [5, 5.41) is 0. The van der Waals surface area contributed by atoms with Crippen molar-refractivity contribution in [2.75, 3.05) is 0 Å². The monoisotopic (exact) mass is 165 g/mol. The van der Waals surface area contributed by atoms with Crippen LogP contribution in [0.15, 0.2) is 11.6 Å². The molecule has 0 spiro atoms. The minimum absolute atomic E-state index is 0.544. The summed E-state index contributed by atoms with van der Waals surface area (Å²) in [4.78, 5) is 26.1. The van der Waals surface area contributed by atoms with Gasteiger partial charge in [-0.25, -0.2) is 0 Å². The van der Waals surface area contributed by atoms with Gasteiger partial charge in [0.05, 0.1) is 0 Å². The van der Waals surface area contributed by atoms with Gasteiger partial charge < -0.3 is 0 Å². The highest BCUT2D eigenvalue weighted by Crippen LogP contribution is 2.50. The van der Waals surface area contributed by atoms with E-state index in [-0.39, 0.29) is 0 Å².